The van der Waals surface area contributed by atoms with E-state index < -0.39 is 0 Å². The van der Waals surface area contributed by atoms with Crippen molar-refractivity contribution in [1.82, 2.24) is 9.97 Å². The van der Waals surface area contributed by atoms with E-state index in [2.05, 4.69) is 16.9 Å². The monoisotopic (exact) mass is 162 g/mol. The molecule has 0 fully saturated rings. The van der Waals surface area contributed by atoms with Crippen LogP contribution in [0, 0.1) is 6.92 Å². The molecule has 0 aliphatic heterocycles. The second-order valence-corrected chi connectivity index (χ2v) is 2.39. The molecule has 0 saturated carbocycles. The van der Waals surface area contributed by atoms with Crippen LogP contribution in [0.25, 0.3) is 10.9 Å². The summed E-state index contributed by atoms with van der Waals surface area (Å²) in [6.07, 6.45) is 5.64. The summed E-state index contributed by atoms with van der Waals surface area (Å²) < 4.78 is 0. The molecule has 0 saturated heterocycles. The van der Waals surface area contributed by atoms with Gasteiger partial charge in [0.1, 0.15) is 0 Å². The molecule has 64 valence electrons. The van der Waals surface area contributed by atoms with Crippen LogP contribution in [0.5, 0.6) is 0 Å². The van der Waals surface area contributed by atoms with Gasteiger partial charge in [-0.2, -0.15) is 0 Å². The van der Waals surface area contributed by atoms with E-state index >= 15 is 0 Å². The first kappa shape index (κ1) is 8.78. The fraction of sp³-hybridized carbons (Fsp3) is 0.300. The number of fused-ring (bicyclic) bond motifs is 1. The van der Waals surface area contributed by atoms with E-state index in [-0.39, 0.29) is 0 Å². The molecule has 0 aromatic carbocycles. The largest absolute Gasteiger partial charge is 0.360 e. The molecule has 0 atom stereocenters. The number of H-pyrrole nitrogens is 1. The van der Waals surface area contributed by atoms with Crippen molar-refractivity contribution in [2.75, 3.05) is 0 Å². The first-order valence-electron chi connectivity index (χ1n) is 4.25. The molecule has 1 N–H and O–H groups in total. The summed E-state index contributed by atoms with van der Waals surface area (Å²) in [7, 11) is 0. The van der Waals surface area contributed by atoms with Crippen LogP contribution in [0.1, 0.15) is 19.4 Å². The Kier molecular flexibility index (Phi) is 2.86. The minimum atomic E-state index is 1.11. The van der Waals surface area contributed by atoms with Crippen LogP contribution in [0.4, 0.5) is 0 Å². The molecule has 0 spiro atoms. The molecule has 0 bridgehead atoms. The number of aromatic amines is 1. The molecule has 2 heterocycles. The lowest BCUT2D eigenvalue weighted by Gasteiger charge is -1.86. The van der Waals surface area contributed by atoms with Gasteiger partial charge in [-0.3, -0.25) is 4.98 Å². The van der Waals surface area contributed by atoms with Gasteiger partial charge in [0.25, 0.3) is 0 Å². The smallest absolute Gasteiger partial charge is 0.0643 e. The predicted octanol–water partition coefficient (Wildman–Crippen LogP) is 2.90. The highest BCUT2D eigenvalue weighted by atomic mass is 14.7. The maximum atomic E-state index is 3.99. The number of hydrogen-bond acceptors (Lipinski definition) is 1. The number of nitrogens with zero attached hydrogens (tertiary/aromatic N) is 1. The van der Waals surface area contributed by atoms with Crippen molar-refractivity contribution in [2.24, 2.45) is 0 Å². The Morgan fingerprint density at radius 2 is 2.08 bits per heavy atom. The first-order valence-corrected chi connectivity index (χ1v) is 4.25. The molecule has 12 heavy (non-hydrogen) atoms. The average molecular weight is 162 g/mol. The second-order valence-electron chi connectivity index (χ2n) is 2.39. The number of pyridine rings is 1. The van der Waals surface area contributed by atoms with Crippen molar-refractivity contribution in [2.45, 2.75) is 20.8 Å². The van der Waals surface area contributed by atoms with Crippen LogP contribution in [0.2, 0.25) is 0 Å². The van der Waals surface area contributed by atoms with Crippen LogP contribution in [0.3, 0.4) is 0 Å². The third-order valence-electron chi connectivity index (χ3n) is 1.69. The molecule has 0 radical (unpaired) electrons. The van der Waals surface area contributed by atoms with Gasteiger partial charge in [-0.1, -0.05) is 13.8 Å². The summed E-state index contributed by atoms with van der Waals surface area (Å²) in [5.74, 6) is 0. The van der Waals surface area contributed by atoms with Gasteiger partial charge in [0.2, 0.25) is 0 Å². The van der Waals surface area contributed by atoms with Crippen LogP contribution in [-0.2, 0) is 0 Å². The summed E-state index contributed by atoms with van der Waals surface area (Å²) >= 11 is 0. The summed E-state index contributed by atoms with van der Waals surface area (Å²) in [4.78, 5) is 7.12. The quantitative estimate of drug-likeness (QED) is 0.634. The molecule has 2 rings (SSSR count). The highest BCUT2D eigenvalue weighted by Crippen LogP contribution is 2.14. The molecular weight excluding hydrogens is 148 g/mol. The Morgan fingerprint density at radius 3 is 2.75 bits per heavy atom. The fourth-order valence-corrected chi connectivity index (χ4v) is 1.12. The third kappa shape index (κ3) is 1.47. The van der Waals surface area contributed by atoms with Crippen LogP contribution < -0.4 is 0 Å². The van der Waals surface area contributed by atoms with Gasteiger partial charge in [0, 0.05) is 17.8 Å². The van der Waals surface area contributed by atoms with Gasteiger partial charge in [-0.25, -0.2) is 0 Å². The van der Waals surface area contributed by atoms with Crippen molar-refractivity contribution in [3.63, 3.8) is 0 Å². The maximum Gasteiger partial charge on any atom is 0.0643 e. The van der Waals surface area contributed by atoms with E-state index in [0.29, 0.717) is 0 Å². The molecule has 0 aliphatic carbocycles. The third-order valence-corrected chi connectivity index (χ3v) is 1.69. The zero-order valence-corrected chi connectivity index (χ0v) is 7.76. The molecule has 2 nitrogen and oxygen atoms in total. The summed E-state index contributed by atoms with van der Waals surface area (Å²) in [6.45, 7) is 6.08. The predicted molar refractivity (Wildman–Crippen MR) is 52.2 cm³/mol. The van der Waals surface area contributed by atoms with Crippen molar-refractivity contribution in [1.29, 1.82) is 0 Å². The van der Waals surface area contributed by atoms with E-state index in [9.17, 15) is 0 Å². The van der Waals surface area contributed by atoms with E-state index in [4.69, 9.17) is 0 Å². The normalized spacial score (nSPS) is 9.25. The van der Waals surface area contributed by atoms with Gasteiger partial charge >= 0.3 is 0 Å². The first-order chi connectivity index (χ1) is 5.88. The molecule has 2 heteroatoms. The lowest BCUT2D eigenvalue weighted by Crippen LogP contribution is -1.70. The van der Waals surface area contributed by atoms with Crippen molar-refractivity contribution < 1.29 is 0 Å². The minimum Gasteiger partial charge on any atom is -0.360 e. The van der Waals surface area contributed by atoms with E-state index in [1.54, 1.807) is 0 Å². The zero-order chi connectivity index (χ0) is 8.97. The summed E-state index contributed by atoms with van der Waals surface area (Å²) in [5, 5.41) is 1.26. The Balaban J connectivity index is 0.000000336. The van der Waals surface area contributed by atoms with Crippen LogP contribution in [0.15, 0.2) is 24.7 Å². The number of aromatic nitrogens is 2. The van der Waals surface area contributed by atoms with Gasteiger partial charge in [0.05, 0.1) is 11.7 Å². The highest BCUT2D eigenvalue weighted by molar-refractivity contribution is 5.81. The topological polar surface area (TPSA) is 28.7 Å². The molecule has 2 aromatic heterocycles. The van der Waals surface area contributed by atoms with E-state index in [1.165, 1.54) is 10.9 Å². The molecule has 2 aromatic rings. The van der Waals surface area contributed by atoms with Gasteiger partial charge in [-0.15, -0.1) is 0 Å². The average Bonchev–Trinajstić information content (AvgIpc) is 2.53. The Labute approximate surface area is 72.6 Å². The van der Waals surface area contributed by atoms with Crippen molar-refractivity contribution >= 4 is 10.9 Å². The number of aryl methyl sites for hydroxylation is 1. The van der Waals surface area contributed by atoms with Crippen LogP contribution in [-0.4, -0.2) is 9.97 Å². The number of nitrogens with one attached hydrogen (secondary N) is 1. The molecule has 0 unspecified atom stereocenters. The van der Waals surface area contributed by atoms with Crippen molar-refractivity contribution in [3.8, 4) is 0 Å². The Hall–Kier alpha value is -1.31. The molecular formula is C10H14N2. The summed E-state index contributed by atoms with van der Waals surface area (Å²) in [5.41, 5.74) is 2.39. The van der Waals surface area contributed by atoms with Crippen LogP contribution >= 0.6 is 0 Å². The van der Waals surface area contributed by atoms with Gasteiger partial charge in [0.15, 0.2) is 0 Å². The lowest BCUT2D eigenvalue weighted by atomic mass is 10.2. The Bertz CT molecular complexity index is 349. The van der Waals surface area contributed by atoms with Crippen molar-refractivity contribution in [3.05, 3.63) is 30.2 Å². The van der Waals surface area contributed by atoms with Gasteiger partial charge in [-0.05, 0) is 18.6 Å². The molecule has 0 amide bonds. The van der Waals surface area contributed by atoms with Gasteiger partial charge < -0.3 is 4.98 Å². The highest BCUT2D eigenvalue weighted by Gasteiger charge is 1.95. The Morgan fingerprint density at radius 1 is 1.33 bits per heavy atom. The SMILES string of the molecule is CC.Cc1c[nH]c2cnccc12. The maximum absolute atomic E-state index is 3.99. The number of hydrogen-bond donors (Lipinski definition) is 1. The standard InChI is InChI=1S/C8H8N2.C2H6/c1-6-4-10-8-5-9-3-2-7(6)8;1-2/h2-5,10H,1H3;1-2H3. The van der Waals surface area contributed by atoms with E-state index in [1.807, 2.05) is 38.5 Å². The fourth-order valence-electron chi connectivity index (χ4n) is 1.12. The molecule has 0 aliphatic rings. The van der Waals surface area contributed by atoms with E-state index in [0.717, 1.165) is 5.52 Å². The lowest BCUT2D eigenvalue weighted by molar-refractivity contribution is 1.34. The number of rotatable bonds is 0. The zero-order valence-electron chi connectivity index (χ0n) is 7.76. The second kappa shape index (κ2) is 3.90. The summed E-state index contributed by atoms with van der Waals surface area (Å²) in [6, 6.07) is 2.02. The minimum absolute atomic E-state index is 1.11.